The fourth-order valence-corrected chi connectivity index (χ4v) is 2.17. The Hall–Kier alpha value is -1.14. The first-order valence-corrected chi connectivity index (χ1v) is 7.23. The maximum atomic E-state index is 11.7. The van der Waals surface area contributed by atoms with Crippen molar-refractivity contribution in [2.24, 2.45) is 5.73 Å². The fraction of sp³-hybridized carbons (Fsp3) is 0.385. The first kappa shape index (κ1) is 15.9. The van der Waals surface area contributed by atoms with Crippen LogP contribution in [0.5, 0.6) is 0 Å². The molecule has 3 N–H and O–H groups in total. The van der Waals surface area contributed by atoms with Gasteiger partial charge in [0.25, 0.3) is 0 Å². The van der Waals surface area contributed by atoms with Crippen LogP contribution in [-0.2, 0) is 4.79 Å². The number of halogens is 1. The summed E-state index contributed by atoms with van der Waals surface area (Å²) >= 11 is 8.44. The lowest BCUT2D eigenvalue weighted by Gasteiger charge is -2.22. The minimum atomic E-state index is -0.0155. The number of carbonyl (C=O) groups excluding carboxylic acids is 1. The molecule has 0 atom stereocenters. The predicted molar refractivity (Wildman–Crippen MR) is 86.6 cm³/mol. The molecule has 0 aliphatic heterocycles. The molecule has 0 unspecified atom stereocenters. The van der Waals surface area contributed by atoms with Crippen LogP contribution in [0, 0.1) is 0 Å². The second-order valence-electron chi connectivity index (χ2n) is 4.23. The summed E-state index contributed by atoms with van der Waals surface area (Å²) in [4.78, 5) is 13.9. The third-order valence-corrected chi connectivity index (χ3v) is 3.30. The van der Waals surface area contributed by atoms with Gasteiger partial charge >= 0.3 is 0 Å². The summed E-state index contributed by atoms with van der Waals surface area (Å²) < 4.78 is 0.920. The highest BCUT2D eigenvalue weighted by Crippen LogP contribution is 2.24. The number of amides is 1. The van der Waals surface area contributed by atoms with E-state index in [-0.39, 0.29) is 12.5 Å². The molecule has 0 aliphatic carbocycles. The smallest absolute Gasteiger partial charge is 0.239 e. The van der Waals surface area contributed by atoms with Crippen molar-refractivity contribution in [3.63, 3.8) is 0 Å². The van der Waals surface area contributed by atoms with Gasteiger partial charge in [-0.25, -0.2) is 0 Å². The number of anilines is 1. The molecule has 1 aromatic carbocycles. The number of rotatable bonds is 6. The Morgan fingerprint density at radius 2 is 2.21 bits per heavy atom. The average molecular weight is 344 g/mol. The Morgan fingerprint density at radius 1 is 1.53 bits per heavy atom. The highest BCUT2D eigenvalue weighted by Gasteiger charge is 2.13. The first-order chi connectivity index (χ1) is 8.95. The van der Waals surface area contributed by atoms with Gasteiger partial charge in [0.2, 0.25) is 5.91 Å². The molecule has 0 aliphatic rings. The number of thiocarbonyl (C=S) groups is 1. The van der Waals surface area contributed by atoms with Crippen molar-refractivity contribution < 1.29 is 4.79 Å². The lowest BCUT2D eigenvalue weighted by atomic mass is 10.1. The molecule has 0 radical (unpaired) electrons. The maximum Gasteiger partial charge on any atom is 0.239 e. The summed E-state index contributed by atoms with van der Waals surface area (Å²) in [6.07, 6.45) is 0.921. The van der Waals surface area contributed by atoms with Crippen LogP contribution in [0.4, 0.5) is 5.69 Å². The minimum Gasteiger partial charge on any atom is -0.389 e. The molecule has 19 heavy (non-hydrogen) atoms. The summed E-state index contributed by atoms with van der Waals surface area (Å²) in [5, 5.41) is 2.84. The SMILES string of the molecule is CCCNC(=O)CN(C)c1cc(Br)ccc1C(N)=S. The molecule has 1 amide bonds. The van der Waals surface area contributed by atoms with Crippen molar-refractivity contribution >= 4 is 44.7 Å². The summed E-state index contributed by atoms with van der Waals surface area (Å²) in [5.41, 5.74) is 7.31. The van der Waals surface area contributed by atoms with Gasteiger partial charge in [-0.3, -0.25) is 4.79 Å². The number of hydrogen-bond donors (Lipinski definition) is 2. The molecule has 0 heterocycles. The van der Waals surface area contributed by atoms with Gasteiger partial charge in [0, 0.05) is 29.3 Å². The van der Waals surface area contributed by atoms with Gasteiger partial charge in [-0.05, 0) is 24.6 Å². The molecular weight excluding hydrogens is 326 g/mol. The van der Waals surface area contributed by atoms with Gasteiger partial charge in [-0.1, -0.05) is 35.1 Å². The molecule has 1 aromatic rings. The Bertz CT molecular complexity index is 479. The van der Waals surface area contributed by atoms with Crippen molar-refractivity contribution in [1.82, 2.24) is 5.32 Å². The second-order valence-corrected chi connectivity index (χ2v) is 5.59. The average Bonchev–Trinajstić information content (AvgIpc) is 2.35. The van der Waals surface area contributed by atoms with E-state index in [0.717, 1.165) is 22.1 Å². The number of hydrogen-bond acceptors (Lipinski definition) is 3. The van der Waals surface area contributed by atoms with E-state index in [1.54, 1.807) is 0 Å². The van der Waals surface area contributed by atoms with Crippen molar-refractivity contribution in [2.45, 2.75) is 13.3 Å². The van der Waals surface area contributed by atoms with Gasteiger partial charge in [-0.2, -0.15) is 0 Å². The number of benzene rings is 1. The number of nitrogens with two attached hydrogens (primary N) is 1. The molecule has 1 rings (SSSR count). The monoisotopic (exact) mass is 343 g/mol. The van der Waals surface area contributed by atoms with E-state index in [9.17, 15) is 4.79 Å². The molecule has 0 spiro atoms. The Balaban J connectivity index is 2.86. The van der Waals surface area contributed by atoms with Crippen molar-refractivity contribution in [1.29, 1.82) is 0 Å². The van der Waals surface area contributed by atoms with Gasteiger partial charge < -0.3 is 16.0 Å². The Morgan fingerprint density at radius 3 is 2.79 bits per heavy atom. The summed E-state index contributed by atoms with van der Waals surface area (Å²) in [7, 11) is 1.84. The maximum absolute atomic E-state index is 11.7. The van der Waals surface area contributed by atoms with Gasteiger partial charge in [-0.15, -0.1) is 0 Å². The summed E-state index contributed by atoms with van der Waals surface area (Å²) in [6, 6.07) is 5.63. The van der Waals surface area contributed by atoms with Crippen LogP contribution in [0.25, 0.3) is 0 Å². The Labute approximate surface area is 127 Å². The van der Waals surface area contributed by atoms with E-state index in [0.29, 0.717) is 11.5 Å². The quantitative estimate of drug-likeness (QED) is 0.776. The lowest BCUT2D eigenvalue weighted by Crippen LogP contribution is -2.36. The normalized spacial score (nSPS) is 10.1. The van der Waals surface area contributed by atoms with Gasteiger partial charge in [0.15, 0.2) is 0 Å². The van der Waals surface area contributed by atoms with Crippen LogP contribution in [-0.4, -0.2) is 31.0 Å². The van der Waals surface area contributed by atoms with Crippen LogP contribution in [0.15, 0.2) is 22.7 Å². The van der Waals surface area contributed by atoms with E-state index in [2.05, 4.69) is 21.2 Å². The van der Waals surface area contributed by atoms with Crippen LogP contribution >= 0.6 is 28.1 Å². The standard InChI is InChI=1S/C13H18BrN3OS/c1-3-6-16-12(18)8-17(2)11-7-9(14)4-5-10(11)13(15)19/h4-5,7H,3,6,8H2,1-2H3,(H2,15,19)(H,16,18). The van der Waals surface area contributed by atoms with Crippen LogP contribution in [0.1, 0.15) is 18.9 Å². The zero-order valence-electron chi connectivity index (χ0n) is 11.1. The third-order valence-electron chi connectivity index (χ3n) is 2.59. The third kappa shape index (κ3) is 4.80. The molecule has 0 aromatic heterocycles. The van der Waals surface area contributed by atoms with Gasteiger partial charge in [0.05, 0.1) is 6.54 Å². The number of nitrogens with zero attached hydrogens (tertiary/aromatic N) is 1. The van der Waals surface area contributed by atoms with Crippen LogP contribution in [0.3, 0.4) is 0 Å². The molecular formula is C13H18BrN3OS. The molecule has 0 saturated heterocycles. The van der Waals surface area contributed by atoms with Crippen LogP contribution in [0.2, 0.25) is 0 Å². The van der Waals surface area contributed by atoms with Gasteiger partial charge in [0.1, 0.15) is 4.99 Å². The second kappa shape index (κ2) is 7.45. The van der Waals surface area contributed by atoms with Crippen molar-refractivity contribution in [3.8, 4) is 0 Å². The molecule has 0 saturated carbocycles. The van der Waals surface area contributed by atoms with Crippen molar-refractivity contribution in [3.05, 3.63) is 28.2 Å². The molecule has 0 bridgehead atoms. The lowest BCUT2D eigenvalue weighted by molar-refractivity contribution is -0.119. The van der Waals surface area contributed by atoms with E-state index < -0.39 is 0 Å². The van der Waals surface area contributed by atoms with E-state index >= 15 is 0 Å². The predicted octanol–water partition coefficient (Wildman–Crippen LogP) is 2.05. The molecule has 0 fully saturated rings. The number of likely N-dealkylation sites (N-methyl/N-ethyl adjacent to an activating group) is 1. The number of carbonyl (C=O) groups is 1. The van der Waals surface area contributed by atoms with E-state index in [4.69, 9.17) is 18.0 Å². The zero-order chi connectivity index (χ0) is 14.4. The van der Waals surface area contributed by atoms with E-state index in [1.165, 1.54) is 0 Å². The highest BCUT2D eigenvalue weighted by molar-refractivity contribution is 9.10. The Kier molecular flexibility index (Phi) is 6.24. The highest BCUT2D eigenvalue weighted by atomic mass is 79.9. The largest absolute Gasteiger partial charge is 0.389 e. The van der Waals surface area contributed by atoms with Crippen molar-refractivity contribution in [2.75, 3.05) is 25.0 Å². The topological polar surface area (TPSA) is 58.4 Å². The minimum absolute atomic E-state index is 0.0155. The van der Waals surface area contributed by atoms with Crippen LogP contribution < -0.4 is 16.0 Å². The van der Waals surface area contributed by atoms with E-state index in [1.807, 2.05) is 37.1 Å². The summed E-state index contributed by atoms with van der Waals surface area (Å²) in [6.45, 7) is 2.97. The molecule has 4 nitrogen and oxygen atoms in total. The fourth-order valence-electron chi connectivity index (χ4n) is 1.65. The number of nitrogens with one attached hydrogen (secondary N) is 1. The molecule has 6 heteroatoms. The summed E-state index contributed by atoms with van der Waals surface area (Å²) in [5.74, 6) is -0.0155. The first-order valence-electron chi connectivity index (χ1n) is 6.03. The zero-order valence-corrected chi connectivity index (χ0v) is 13.5. The molecule has 104 valence electrons.